The second-order valence-corrected chi connectivity index (χ2v) is 7.02. The van der Waals surface area contributed by atoms with Gasteiger partial charge in [0.2, 0.25) is 4.47 Å². The van der Waals surface area contributed by atoms with Crippen molar-refractivity contribution >= 4 is 22.9 Å². The molecule has 0 saturated carbocycles. The lowest BCUT2D eigenvalue weighted by molar-refractivity contribution is 0.0110. The van der Waals surface area contributed by atoms with Gasteiger partial charge in [0.05, 0.1) is 6.54 Å². The Labute approximate surface area is 117 Å². The number of rotatable bonds is 2. The average Bonchev–Trinajstić information content (AvgIpc) is 2.76. The Kier molecular flexibility index (Phi) is 3.84. The van der Waals surface area contributed by atoms with E-state index in [0.29, 0.717) is 10.5 Å². The van der Waals surface area contributed by atoms with Crippen molar-refractivity contribution in [2.24, 2.45) is 0 Å². The van der Waals surface area contributed by atoms with E-state index in [1.54, 1.807) is 0 Å². The SMILES string of the molecule is CC1CN2CCCCC2CN1Cc1nnc(Cl)s1. The summed E-state index contributed by atoms with van der Waals surface area (Å²) in [5.74, 6) is 0. The van der Waals surface area contributed by atoms with Crippen LogP contribution in [0.15, 0.2) is 0 Å². The molecule has 4 nitrogen and oxygen atoms in total. The van der Waals surface area contributed by atoms with Crippen LogP contribution in [0.3, 0.4) is 0 Å². The first kappa shape index (κ1) is 12.8. The van der Waals surface area contributed by atoms with Crippen LogP contribution in [0.25, 0.3) is 0 Å². The van der Waals surface area contributed by atoms with Crippen LogP contribution in [-0.4, -0.2) is 51.7 Å². The molecule has 0 aliphatic carbocycles. The summed E-state index contributed by atoms with van der Waals surface area (Å²) in [4.78, 5) is 5.20. The van der Waals surface area contributed by atoms with Gasteiger partial charge in [-0.25, -0.2) is 0 Å². The van der Waals surface area contributed by atoms with Gasteiger partial charge < -0.3 is 0 Å². The normalized spacial score (nSPS) is 30.3. The van der Waals surface area contributed by atoms with Crippen molar-refractivity contribution in [3.05, 3.63) is 9.47 Å². The second kappa shape index (κ2) is 5.41. The molecule has 0 N–H and O–H groups in total. The van der Waals surface area contributed by atoms with E-state index in [9.17, 15) is 0 Å². The summed E-state index contributed by atoms with van der Waals surface area (Å²) in [6.07, 6.45) is 4.10. The summed E-state index contributed by atoms with van der Waals surface area (Å²) in [5.41, 5.74) is 0. The molecule has 0 radical (unpaired) electrons. The topological polar surface area (TPSA) is 32.3 Å². The third kappa shape index (κ3) is 2.69. The molecule has 2 aliphatic rings. The van der Waals surface area contributed by atoms with E-state index >= 15 is 0 Å². The molecule has 2 fully saturated rings. The van der Waals surface area contributed by atoms with Crippen LogP contribution in [0.2, 0.25) is 4.47 Å². The van der Waals surface area contributed by atoms with E-state index in [1.165, 1.54) is 50.2 Å². The smallest absolute Gasteiger partial charge is 0.207 e. The van der Waals surface area contributed by atoms with Crippen molar-refractivity contribution in [3.63, 3.8) is 0 Å². The molecule has 2 aliphatic heterocycles. The number of hydrogen-bond donors (Lipinski definition) is 0. The molecular weight excluding hydrogens is 268 g/mol. The summed E-state index contributed by atoms with van der Waals surface area (Å²) in [6.45, 7) is 6.85. The zero-order valence-corrected chi connectivity index (χ0v) is 12.3. The van der Waals surface area contributed by atoms with Gasteiger partial charge in [-0.1, -0.05) is 17.8 Å². The Morgan fingerprint density at radius 2 is 2.22 bits per heavy atom. The third-order valence-electron chi connectivity index (χ3n) is 4.10. The minimum atomic E-state index is 0.550. The predicted octanol–water partition coefficient (Wildman–Crippen LogP) is 2.25. The predicted molar refractivity (Wildman–Crippen MR) is 74.0 cm³/mol. The van der Waals surface area contributed by atoms with Crippen LogP contribution in [0.5, 0.6) is 0 Å². The molecule has 0 bridgehead atoms. The molecular formula is C12H19ClN4S. The standard InChI is InChI=1S/C12H19ClN4S/c1-9-6-16-5-3-2-4-10(16)7-17(9)8-11-14-15-12(13)18-11/h9-10H,2-8H2,1H3. The highest BCUT2D eigenvalue weighted by Crippen LogP contribution is 2.26. The largest absolute Gasteiger partial charge is 0.298 e. The van der Waals surface area contributed by atoms with Crippen molar-refractivity contribution < 1.29 is 0 Å². The van der Waals surface area contributed by atoms with E-state index in [1.807, 2.05) is 0 Å². The lowest BCUT2D eigenvalue weighted by Crippen LogP contribution is -2.58. The maximum atomic E-state index is 5.84. The summed E-state index contributed by atoms with van der Waals surface area (Å²) < 4.78 is 0.550. The molecule has 3 heterocycles. The molecule has 2 saturated heterocycles. The Bertz CT molecular complexity index is 411. The number of hydrogen-bond acceptors (Lipinski definition) is 5. The van der Waals surface area contributed by atoms with Crippen LogP contribution in [0, 0.1) is 0 Å². The van der Waals surface area contributed by atoms with Gasteiger partial charge in [0.1, 0.15) is 5.01 Å². The minimum absolute atomic E-state index is 0.550. The highest BCUT2D eigenvalue weighted by molar-refractivity contribution is 7.15. The molecule has 0 spiro atoms. The molecule has 3 rings (SSSR count). The van der Waals surface area contributed by atoms with E-state index in [4.69, 9.17) is 11.6 Å². The quantitative estimate of drug-likeness (QED) is 0.835. The van der Waals surface area contributed by atoms with Crippen molar-refractivity contribution in [2.45, 2.75) is 44.8 Å². The highest BCUT2D eigenvalue weighted by Gasteiger charge is 2.33. The van der Waals surface area contributed by atoms with Gasteiger partial charge in [-0.15, -0.1) is 10.2 Å². The molecule has 100 valence electrons. The lowest BCUT2D eigenvalue weighted by atomic mass is 9.97. The summed E-state index contributed by atoms with van der Waals surface area (Å²) in [7, 11) is 0. The molecule has 0 aromatic carbocycles. The Morgan fingerprint density at radius 3 is 3.00 bits per heavy atom. The van der Waals surface area contributed by atoms with Crippen LogP contribution in [0.4, 0.5) is 0 Å². The van der Waals surface area contributed by atoms with Crippen LogP contribution in [0.1, 0.15) is 31.2 Å². The molecule has 2 atom stereocenters. The van der Waals surface area contributed by atoms with Gasteiger partial charge in [-0.05, 0) is 37.9 Å². The molecule has 1 aromatic heterocycles. The number of nitrogens with zero attached hydrogens (tertiary/aromatic N) is 4. The Hall–Kier alpha value is -0.230. The average molecular weight is 287 g/mol. The van der Waals surface area contributed by atoms with Gasteiger partial charge in [0, 0.05) is 25.2 Å². The van der Waals surface area contributed by atoms with E-state index in [2.05, 4.69) is 26.9 Å². The van der Waals surface area contributed by atoms with E-state index < -0.39 is 0 Å². The first-order chi connectivity index (χ1) is 8.72. The summed E-state index contributed by atoms with van der Waals surface area (Å²) >= 11 is 7.34. The first-order valence-corrected chi connectivity index (χ1v) is 7.88. The molecule has 2 unspecified atom stereocenters. The minimum Gasteiger partial charge on any atom is -0.298 e. The van der Waals surface area contributed by atoms with Crippen LogP contribution < -0.4 is 0 Å². The van der Waals surface area contributed by atoms with Gasteiger partial charge in [0.15, 0.2) is 0 Å². The Balaban J connectivity index is 1.65. The summed E-state index contributed by atoms with van der Waals surface area (Å²) in [6, 6.07) is 1.35. The molecule has 1 aromatic rings. The Morgan fingerprint density at radius 1 is 1.33 bits per heavy atom. The highest BCUT2D eigenvalue weighted by atomic mass is 35.5. The third-order valence-corrected chi connectivity index (χ3v) is 5.10. The fourth-order valence-electron chi connectivity index (χ4n) is 3.10. The maximum absolute atomic E-state index is 5.84. The van der Waals surface area contributed by atoms with Gasteiger partial charge in [0.25, 0.3) is 0 Å². The number of piperazine rings is 1. The number of piperidine rings is 1. The number of aromatic nitrogens is 2. The monoisotopic (exact) mass is 286 g/mol. The fraction of sp³-hybridized carbons (Fsp3) is 0.833. The van der Waals surface area contributed by atoms with E-state index in [-0.39, 0.29) is 0 Å². The van der Waals surface area contributed by atoms with Crippen molar-refractivity contribution in [1.82, 2.24) is 20.0 Å². The number of halogens is 1. The molecule has 18 heavy (non-hydrogen) atoms. The van der Waals surface area contributed by atoms with Gasteiger partial charge >= 0.3 is 0 Å². The van der Waals surface area contributed by atoms with Gasteiger partial charge in [-0.3, -0.25) is 9.80 Å². The first-order valence-electron chi connectivity index (χ1n) is 6.68. The van der Waals surface area contributed by atoms with Crippen molar-refractivity contribution in [3.8, 4) is 0 Å². The van der Waals surface area contributed by atoms with Crippen molar-refractivity contribution in [2.75, 3.05) is 19.6 Å². The second-order valence-electron chi connectivity index (χ2n) is 5.37. The maximum Gasteiger partial charge on any atom is 0.207 e. The van der Waals surface area contributed by atoms with Crippen molar-refractivity contribution in [1.29, 1.82) is 0 Å². The lowest BCUT2D eigenvalue weighted by Gasteiger charge is -2.47. The summed E-state index contributed by atoms with van der Waals surface area (Å²) in [5, 5.41) is 9.05. The van der Waals surface area contributed by atoms with Crippen LogP contribution >= 0.6 is 22.9 Å². The van der Waals surface area contributed by atoms with Crippen LogP contribution in [-0.2, 0) is 6.54 Å². The zero-order valence-electron chi connectivity index (χ0n) is 10.7. The molecule has 6 heteroatoms. The van der Waals surface area contributed by atoms with E-state index in [0.717, 1.165) is 17.6 Å². The fourth-order valence-corrected chi connectivity index (χ4v) is 4.00. The zero-order chi connectivity index (χ0) is 12.5. The molecule has 0 amide bonds. The van der Waals surface area contributed by atoms with Gasteiger partial charge in [-0.2, -0.15) is 0 Å². The number of fused-ring (bicyclic) bond motifs is 1.